The summed E-state index contributed by atoms with van der Waals surface area (Å²) in [6, 6.07) is 5.54. The van der Waals surface area contributed by atoms with Gasteiger partial charge in [0.05, 0.1) is 11.4 Å². The van der Waals surface area contributed by atoms with Crippen LogP contribution in [-0.4, -0.2) is 9.78 Å². The topological polar surface area (TPSA) is 53.6 Å². The summed E-state index contributed by atoms with van der Waals surface area (Å²) in [5.41, 5.74) is 3.54. The van der Waals surface area contributed by atoms with E-state index in [9.17, 15) is 9.65 Å². The van der Waals surface area contributed by atoms with E-state index in [2.05, 4.69) is 31.2 Å². The molecular formula is C17H19FN4. The van der Waals surface area contributed by atoms with Crippen molar-refractivity contribution >= 4 is 0 Å². The Morgan fingerprint density at radius 1 is 1.50 bits per heavy atom. The quantitative estimate of drug-likeness (QED) is 0.946. The number of benzene rings is 1. The molecule has 1 unspecified atom stereocenters. The Bertz CT molecular complexity index is 755. The van der Waals surface area contributed by atoms with E-state index >= 15 is 0 Å². The number of hydrogen-bond acceptors (Lipinski definition) is 3. The molecule has 0 radical (unpaired) electrons. The van der Waals surface area contributed by atoms with E-state index in [1.807, 2.05) is 18.3 Å². The van der Waals surface area contributed by atoms with Gasteiger partial charge in [0.15, 0.2) is 0 Å². The van der Waals surface area contributed by atoms with Crippen molar-refractivity contribution in [3.8, 4) is 11.8 Å². The normalized spacial score (nSPS) is 16.8. The van der Waals surface area contributed by atoms with E-state index in [4.69, 9.17) is 0 Å². The molecular weight excluding hydrogens is 279 g/mol. The van der Waals surface area contributed by atoms with Crippen LogP contribution in [0.5, 0.6) is 0 Å². The molecule has 1 aliphatic rings. The molecule has 0 fully saturated rings. The summed E-state index contributed by atoms with van der Waals surface area (Å²) in [4.78, 5) is 0. The van der Waals surface area contributed by atoms with Gasteiger partial charge in [-0.3, -0.25) is 0 Å². The number of nitriles is 1. The third-order valence-corrected chi connectivity index (χ3v) is 4.00. The SMILES string of the molecule is CC(C)Cc1cc(F)c(C#N)c(-n2cc3c(n2)CNC3C)c1. The van der Waals surface area contributed by atoms with Gasteiger partial charge in [-0.15, -0.1) is 0 Å². The molecule has 1 aromatic heterocycles. The fourth-order valence-corrected chi connectivity index (χ4v) is 2.93. The maximum atomic E-state index is 14.3. The summed E-state index contributed by atoms with van der Waals surface area (Å²) in [7, 11) is 0. The molecule has 0 bridgehead atoms. The zero-order valence-electron chi connectivity index (χ0n) is 13.0. The second kappa shape index (κ2) is 5.54. The van der Waals surface area contributed by atoms with Crippen molar-refractivity contribution in [3.63, 3.8) is 0 Å². The maximum absolute atomic E-state index is 14.3. The Kier molecular flexibility index (Phi) is 3.71. The van der Waals surface area contributed by atoms with Crippen molar-refractivity contribution in [2.24, 2.45) is 5.92 Å². The Labute approximate surface area is 129 Å². The first-order valence-electron chi connectivity index (χ1n) is 7.54. The first-order valence-corrected chi connectivity index (χ1v) is 7.54. The van der Waals surface area contributed by atoms with Crippen LogP contribution in [0.1, 0.15) is 49.2 Å². The second-order valence-corrected chi connectivity index (χ2v) is 6.26. The molecule has 0 spiro atoms. The van der Waals surface area contributed by atoms with Crippen molar-refractivity contribution in [1.82, 2.24) is 15.1 Å². The van der Waals surface area contributed by atoms with Crippen LogP contribution in [0.2, 0.25) is 0 Å². The standard InChI is InChI=1S/C17H19FN4/c1-10(2)4-12-5-15(18)13(7-19)17(6-12)22-9-14-11(3)20-8-16(14)21-22/h5-6,9-11,20H,4,8H2,1-3H3. The van der Waals surface area contributed by atoms with Crippen molar-refractivity contribution in [1.29, 1.82) is 5.26 Å². The average molecular weight is 298 g/mol. The van der Waals surface area contributed by atoms with E-state index in [0.717, 1.165) is 23.2 Å². The van der Waals surface area contributed by atoms with Gasteiger partial charge in [-0.2, -0.15) is 10.4 Å². The Morgan fingerprint density at radius 3 is 2.91 bits per heavy atom. The number of fused-ring (bicyclic) bond motifs is 1. The summed E-state index contributed by atoms with van der Waals surface area (Å²) < 4.78 is 15.9. The number of hydrogen-bond donors (Lipinski definition) is 1. The van der Waals surface area contributed by atoms with Gasteiger partial charge in [0.1, 0.15) is 17.4 Å². The molecule has 22 heavy (non-hydrogen) atoms. The van der Waals surface area contributed by atoms with Crippen LogP contribution < -0.4 is 5.32 Å². The lowest BCUT2D eigenvalue weighted by Gasteiger charge is -2.11. The first-order chi connectivity index (χ1) is 10.5. The monoisotopic (exact) mass is 298 g/mol. The molecule has 0 saturated carbocycles. The van der Waals surface area contributed by atoms with Gasteiger partial charge in [0, 0.05) is 24.3 Å². The lowest BCUT2D eigenvalue weighted by Crippen LogP contribution is -2.10. The zero-order valence-corrected chi connectivity index (χ0v) is 13.0. The third kappa shape index (κ3) is 2.51. The number of rotatable bonds is 3. The molecule has 3 rings (SSSR count). The lowest BCUT2D eigenvalue weighted by molar-refractivity contribution is 0.603. The summed E-state index contributed by atoms with van der Waals surface area (Å²) >= 11 is 0. The number of nitrogens with zero attached hydrogens (tertiary/aromatic N) is 3. The largest absolute Gasteiger partial charge is 0.304 e. The molecule has 1 atom stereocenters. The molecule has 1 aliphatic heterocycles. The van der Waals surface area contributed by atoms with Crippen LogP contribution in [0.4, 0.5) is 4.39 Å². The highest BCUT2D eigenvalue weighted by Gasteiger charge is 2.23. The van der Waals surface area contributed by atoms with Crippen molar-refractivity contribution in [2.75, 3.05) is 0 Å². The second-order valence-electron chi connectivity index (χ2n) is 6.26. The summed E-state index contributed by atoms with van der Waals surface area (Å²) in [5, 5.41) is 17.1. The Morgan fingerprint density at radius 2 is 2.27 bits per heavy atom. The van der Waals surface area contributed by atoms with Gasteiger partial charge < -0.3 is 5.32 Å². The van der Waals surface area contributed by atoms with Crippen molar-refractivity contribution in [3.05, 3.63) is 46.5 Å². The first kappa shape index (κ1) is 14.7. The fraction of sp³-hybridized carbons (Fsp3) is 0.412. The highest BCUT2D eigenvalue weighted by atomic mass is 19.1. The van der Waals surface area contributed by atoms with Gasteiger partial charge in [0.25, 0.3) is 0 Å². The minimum atomic E-state index is -0.475. The predicted octanol–water partition coefficient (Wildman–Crippen LogP) is 3.25. The molecule has 114 valence electrons. The van der Waals surface area contributed by atoms with Gasteiger partial charge in [-0.1, -0.05) is 13.8 Å². The fourth-order valence-electron chi connectivity index (χ4n) is 2.93. The molecule has 0 aliphatic carbocycles. The van der Waals surface area contributed by atoms with E-state index in [0.29, 0.717) is 18.2 Å². The van der Waals surface area contributed by atoms with Gasteiger partial charge >= 0.3 is 0 Å². The minimum absolute atomic E-state index is 0.0503. The summed E-state index contributed by atoms with van der Waals surface area (Å²) in [6.07, 6.45) is 2.67. The lowest BCUT2D eigenvalue weighted by atomic mass is 10.00. The molecule has 5 heteroatoms. The molecule has 0 saturated heterocycles. The minimum Gasteiger partial charge on any atom is -0.304 e. The van der Waals surface area contributed by atoms with Crippen LogP contribution in [0, 0.1) is 23.1 Å². The van der Waals surface area contributed by atoms with E-state index in [1.54, 1.807) is 4.68 Å². The Balaban J connectivity index is 2.11. The van der Waals surface area contributed by atoms with Crippen LogP contribution >= 0.6 is 0 Å². The number of halogens is 1. The third-order valence-electron chi connectivity index (χ3n) is 4.00. The smallest absolute Gasteiger partial charge is 0.143 e. The van der Waals surface area contributed by atoms with E-state index < -0.39 is 5.82 Å². The van der Waals surface area contributed by atoms with Crippen molar-refractivity contribution in [2.45, 2.75) is 39.8 Å². The number of nitrogens with one attached hydrogen (secondary N) is 1. The van der Waals surface area contributed by atoms with E-state index in [-0.39, 0.29) is 11.6 Å². The summed E-state index contributed by atoms with van der Waals surface area (Å²) in [5.74, 6) is -0.0514. The number of aromatic nitrogens is 2. The van der Waals surface area contributed by atoms with Crippen LogP contribution in [-0.2, 0) is 13.0 Å². The highest BCUT2D eigenvalue weighted by Crippen LogP contribution is 2.27. The summed E-state index contributed by atoms with van der Waals surface area (Å²) in [6.45, 7) is 6.95. The zero-order chi connectivity index (χ0) is 15.9. The van der Waals surface area contributed by atoms with Crippen LogP contribution in [0.25, 0.3) is 5.69 Å². The molecule has 2 aromatic rings. The molecule has 1 aromatic carbocycles. The van der Waals surface area contributed by atoms with Crippen LogP contribution in [0.3, 0.4) is 0 Å². The maximum Gasteiger partial charge on any atom is 0.143 e. The Hall–Kier alpha value is -2.19. The molecule has 2 heterocycles. The van der Waals surface area contributed by atoms with E-state index in [1.165, 1.54) is 6.07 Å². The molecule has 4 nitrogen and oxygen atoms in total. The van der Waals surface area contributed by atoms with Gasteiger partial charge in [0.2, 0.25) is 0 Å². The average Bonchev–Trinajstić information content (AvgIpc) is 3.00. The molecule has 0 amide bonds. The van der Waals surface area contributed by atoms with Crippen LogP contribution in [0.15, 0.2) is 18.3 Å². The molecule has 1 N–H and O–H groups in total. The predicted molar refractivity (Wildman–Crippen MR) is 82.0 cm³/mol. The van der Waals surface area contributed by atoms with Gasteiger partial charge in [-0.05, 0) is 37.0 Å². The highest BCUT2D eigenvalue weighted by molar-refractivity contribution is 5.52. The van der Waals surface area contributed by atoms with Crippen molar-refractivity contribution < 1.29 is 4.39 Å². The van der Waals surface area contributed by atoms with Gasteiger partial charge in [-0.25, -0.2) is 9.07 Å².